The summed E-state index contributed by atoms with van der Waals surface area (Å²) in [6.45, 7) is 5.37. The first-order valence-electron chi connectivity index (χ1n) is 6.91. The van der Waals surface area contributed by atoms with E-state index < -0.39 is 0 Å². The Labute approximate surface area is 124 Å². The van der Waals surface area contributed by atoms with Crippen molar-refractivity contribution in [3.63, 3.8) is 0 Å². The third-order valence-corrected chi connectivity index (χ3v) is 3.54. The third kappa shape index (κ3) is 3.80. The van der Waals surface area contributed by atoms with Gasteiger partial charge in [0.1, 0.15) is 6.61 Å². The second-order valence-electron chi connectivity index (χ2n) is 5.50. The summed E-state index contributed by atoms with van der Waals surface area (Å²) in [5, 5.41) is 8.48. The van der Waals surface area contributed by atoms with Crippen molar-refractivity contribution in [3.05, 3.63) is 29.3 Å². The monoisotopic (exact) mass is 291 g/mol. The fourth-order valence-electron chi connectivity index (χ4n) is 2.09. The van der Waals surface area contributed by atoms with E-state index in [4.69, 9.17) is 4.74 Å². The van der Waals surface area contributed by atoms with Crippen molar-refractivity contribution < 1.29 is 14.3 Å². The van der Waals surface area contributed by atoms with E-state index >= 15 is 0 Å². The van der Waals surface area contributed by atoms with Gasteiger partial charge in [-0.05, 0) is 37.6 Å². The Morgan fingerprint density at radius 3 is 2.62 bits per heavy atom. The number of amides is 2. The zero-order chi connectivity index (χ0) is 15.5. The molecule has 0 aliphatic carbocycles. The quantitative estimate of drug-likeness (QED) is 0.745. The van der Waals surface area contributed by atoms with Gasteiger partial charge in [0.05, 0.1) is 5.60 Å². The number of hydrogen-bond acceptors (Lipinski definition) is 4. The first-order valence-corrected chi connectivity index (χ1v) is 6.91. The minimum atomic E-state index is -0.241. The molecule has 3 N–H and O–H groups in total. The van der Waals surface area contributed by atoms with Crippen molar-refractivity contribution >= 4 is 17.5 Å². The van der Waals surface area contributed by atoms with Crippen molar-refractivity contribution in [1.29, 1.82) is 0 Å². The number of carbonyl (C=O) groups excluding carboxylic acids is 2. The third-order valence-electron chi connectivity index (χ3n) is 3.54. The molecule has 1 heterocycles. The van der Waals surface area contributed by atoms with Crippen LogP contribution >= 0.6 is 0 Å². The number of rotatable bonds is 5. The van der Waals surface area contributed by atoms with Crippen molar-refractivity contribution in [2.45, 2.75) is 19.4 Å². The van der Waals surface area contributed by atoms with Crippen LogP contribution in [0, 0.1) is 6.92 Å². The van der Waals surface area contributed by atoms with Gasteiger partial charge in [-0.3, -0.25) is 9.59 Å². The smallest absolute Gasteiger partial charge is 0.251 e. The molecule has 6 nitrogen and oxygen atoms in total. The number of aryl methyl sites for hydroxylation is 1. The lowest BCUT2D eigenvalue weighted by atomic mass is 10.0. The SMILES string of the molecule is CNC(=O)c1ccc(NC(=O)COC2(C)CNC2)c(C)c1. The van der Waals surface area contributed by atoms with Gasteiger partial charge in [-0.1, -0.05) is 0 Å². The average Bonchev–Trinajstić information content (AvgIpc) is 2.44. The molecule has 0 radical (unpaired) electrons. The molecule has 2 amide bonds. The second-order valence-corrected chi connectivity index (χ2v) is 5.50. The van der Waals surface area contributed by atoms with E-state index in [0.29, 0.717) is 11.3 Å². The highest BCUT2D eigenvalue weighted by molar-refractivity contribution is 5.96. The molecule has 1 aliphatic rings. The number of ether oxygens (including phenoxy) is 1. The molecule has 2 rings (SSSR count). The molecule has 0 bridgehead atoms. The van der Waals surface area contributed by atoms with Crippen LogP contribution in [0.5, 0.6) is 0 Å². The summed E-state index contributed by atoms with van der Waals surface area (Å²) in [6.07, 6.45) is 0. The lowest BCUT2D eigenvalue weighted by Crippen LogP contribution is -2.59. The number of anilines is 1. The van der Waals surface area contributed by atoms with E-state index in [-0.39, 0.29) is 24.0 Å². The molecule has 0 spiro atoms. The lowest BCUT2D eigenvalue weighted by Gasteiger charge is -2.38. The summed E-state index contributed by atoms with van der Waals surface area (Å²) in [5.41, 5.74) is 1.85. The topological polar surface area (TPSA) is 79.5 Å². The number of carbonyl (C=O) groups is 2. The molecule has 0 unspecified atom stereocenters. The van der Waals surface area contributed by atoms with Gasteiger partial charge < -0.3 is 20.7 Å². The van der Waals surface area contributed by atoms with Gasteiger partial charge in [-0.2, -0.15) is 0 Å². The molecule has 1 aromatic rings. The van der Waals surface area contributed by atoms with Crippen molar-refractivity contribution in [2.75, 3.05) is 32.1 Å². The largest absolute Gasteiger partial charge is 0.363 e. The summed E-state index contributed by atoms with van der Waals surface area (Å²) >= 11 is 0. The molecule has 0 aromatic heterocycles. The van der Waals surface area contributed by atoms with Crippen LogP contribution < -0.4 is 16.0 Å². The van der Waals surface area contributed by atoms with E-state index in [0.717, 1.165) is 18.7 Å². The predicted molar refractivity (Wildman–Crippen MR) is 80.4 cm³/mol. The van der Waals surface area contributed by atoms with Crippen molar-refractivity contribution in [2.24, 2.45) is 0 Å². The molecule has 0 atom stereocenters. The predicted octanol–water partition coefficient (Wildman–Crippen LogP) is 0.672. The first kappa shape index (κ1) is 15.5. The van der Waals surface area contributed by atoms with Gasteiger partial charge >= 0.3 is 0 Å². The van der Waals surface area contributed by atoms with Gasteiger partial charge in [0.25, 0.3) is 5.91 Å². The minimum absolute atomic E-state index is 0.0226. The molecular formula is C15H21N3O3. The van der Waals surface area contributed by atoms with Crippen LogP contribution in [-0.2, 0) is 9.53 Å². The summed E-state index contributed by atoms with van der Waals surface area (Å²) in [6, 6.07) is 5.15. The highest BCUT2D eigenvalue weighted by Gasteiger charge is 2.33. The fourth-order valence-corrected chi connectivity index (χ4v) is 2.09. The van der Waals surface area contributed by atoms with Crippen LogP contribution in [0.3, 0.4) is 0 Å². The maximum Gasteiger partial charge on any atom is 0.251 e. The number of nitrogens with one attached hydrogen (secondary N) is 3. The fraction of sp³-hybridized carbons (Fsp3) is 0.467. The van der Waals surface area contributed by atoms with Crippen LogP contribution in [0.4, 0.5) is 5.69 Å². The summed E-state index contributed by atoms with van der Waals surface area (Å²) < 4.78 is 5.58. The van der Waals surface area contributed by atoms with Gasteiger partial charge in [-0.15, -0.1) is 0 Å². The summed E-state index contributed by atoms with van der Waals surface area (Å²) in [5.74, 6) is -0.344. The van der Waals surface area contributed by atoms with Crippen LogP contribution in [0.25, 0.3) is 0 Å². The molecular weight excluding hydrogens is 270 g/mol. The Hall–Kier alpha value is -1.92. The molecule has 21 heavy (non-hydrogen) atoms. The van der Waals surface area contributed by atoms with Crippen molar-refractivity contribution in [3.8, 4) is 0 Å². The molecule has 114 valence electrons. The highest BCUT2D eigenvalue weighted by Crippen LogP contribution is 2.18. The van der Waals surface area contributed by atoms with Crippen molar-refractivity contribution in [1.82, 2.24) is 10.6 Å². The van der Waals surface area contributed by atoms with Gasteiger partial charge in [0.15, 0.2) is 0 Å². The minimum Gasteiger partial charge on any atom is -0.363 e. The molecule has 6 heteroatoms. The summed E-state index contributed by atoms with van der Waals surface area (Å²) in [4.78, 5) is 23.4. The maximum absolute atomic E-state index is 11.9. The van der Waals surface area contributed by atoms with Gasteiger partial charge in [0.2, 0.25) is 5.91 Å². The maximum atomic E-state index is 11.9. The van der Waals surface area contributed by atoms with E-state index in [1.54, 1.807) is 25.2 Å². The standard InChI is InChI=1S/C15H21N3O3/c1-10-6-11(14(20)16-3)4-5-12(10)18-13(19)7-21-15(2)8-17-9-15/h4-6,17H,7-9H2,1-3H3,(H,16,20)(H,18,19). The van der Waals surface area contributed by atoms with Crippen LogP contribution in [0.15, 0.2) is 18.2 Å². The Morgan fingerprint density at radius 2 is 2.10 bits per heavy atom. The Kier molecular flexibility index (Phi) is 4.59. The molecule has 1 aliphatic heterocycles. The Morgan fingerprint density at radius 1 is 1.38 bits per heavy atom. The van der Waals surface area contributed by atoms with Crippen LogP contribution in [-0.4, -0.2) is 44.2 Å². The molecule has 0 saturated carbocycles. The Balaban J connectivity index is 1.92. The number of hydrogen-bond donors (Lipinski definition) is 3. The average molecular weight is 291 g/mol. The normalized spacial score (nSPS) is 16.0. The van der Waals surface area contributed by atoms with Gasteiger partial charge in [0, 0.05) is 31.4 Å². The van der Waals surface area contributed by atoms with E-state index in [1.807, 2.05) is 13.8 Å². The van der Waals surface area contributed by atoms with E-state index in [1.165, 1.54) is 0 Å². The zero-order valence-corrected chi connectivity index (χ0v) is 12.6. The second kappa shape index (κ2) is 6.24. The zero-order valence-electron chi connectivity index (χ0n) is 12.6. The molecule has 1 aromatic carbocycles. The lowest BCUT2D eigenvalue weighted by molar-refractivity contribution is -0.130. The molecule has 1 saturated heterocycles. The van der Waals surface area contributed by atoms with E-state index in [9.17, 15) is 9.59 Å². The Bertz CT molecular complexity index is 553. The number of benzene rings is 1. The summed E-state index contributed by atoms with van der Waals surface area (Å²) in [7, 11) is 1.58. The van der Waals surface area contributed by atoms with Crippen LogP contribution in [0.2, 0.25) is 0 Å². The first-order chi connectivity index (χ1) is 9.93. The van der Waals surface area contributed by atoms with E-state index in [2.05, 4.69) is 16.0 Å². The van der Waals surface area contributed by atoms with Gasteiger partial charge in [-0.25, -0.2) is 0 Å². The highest BCUT2D eigenvalue weighted by atomic mass is 16.5. The van der Waals surface area contributed by atoms with Crippen LogP contribution in [0.1, 0.15) is 22.8 Å². The molecule has 1 fully saturated rings.